The summed E-state index contributed by atoms with van der Waals surface area (Å²) < 4.78 is 1.71. The lowest BCUT2D eigenvalue weighted by atomic mass is 9.82. The van der Waals surface area contributed by atoms with Crippen molar-refractivity contribution in [3.63, 3.8) is 0 Å². The number of fused-ring (bicyclic) bond motifs is 1. The Kier molecular flexibility index (Phi) is 1.54. The Hall–Kier alpha value is -0.900. The van der Waals surface area contributed by atoms with Gasteiger partial charge >= 0.3 is 0 Å². The molecular formula is C10H15N3O. The second-order valence-corrected chi connectivity index (χ2v) is 4.66. The van der Waals surface area contributed by atoms with Crippen molar-refractivity contribution in [3.05, 3.63) is 11.9 Å². The molecule has 3 rings (SSSR count). The molecule has 1 heterocycles. The van der Waals surface area contributed by atoms with Crippen LogP contribution in [0.2, 0.25) is 0 Å². The molecule has 0 bridgehead atoms. The first kappa shape index (κ1) is 8.41. The summed E-state index contributed by atoms with van der Waals surface area (Å²) in [4.78, 5) is 0. The normalized spacial score (nSPS) is 40.7. The summed E-state index contributed by atoms with van der Waals surface area (Å²) in [5, 5.41) is 18.4. The molecule has 2 aliphatic rings. The van der Waals surface area contributed by atoms with E-state index >= 15 is 0 Å². The third kappa shape index (κ3) is 0.974. The fraction of sp³-hybridized carbons (Fsp3) is 0.800. The summed E-state index contributed by atoms with van der Waals surface area (Å²) in [7, 11) is 1.85. The van der Waals surface area contributed by atoms with Crippen LogP contribution in [0.3, 0.4) is 0 Å². The standard InChI is InChI=1S/C10H15N3O/c1-13-9(6-11-12-13)10(14)4-2-3-7-5-8(7)10/h6-8,14H,2-5H2,1H3. The Morgan fingerprint density at radius 2 is 2.50 bits per heavy atom. The first-order valence-electron chi connectivity index (χ1n) is 5.29. The molecule has 1 aromatic heterocycles. The number of rotatable bonds is 1. The van der Waals surface area contributed by atoms with Crippen LogP contribution in [0.25, 0.3) is 0 Å². The van der Waals surface area contributed by atoms with Gasteiger partial charge in [-0.1, -0.05) is 5.21 Å². The van der Waals surface area contributed by atoms with Crippen LogP contribution in [0.4, 0.5) is 0 Å². The summed E-state index contributed by atoms with van der Waals surface area (Å²) in [6.07, 6.45) is 6.18. The Morgan fingerprint density at radius 1 is 1.64 bits per heavy atom. The highest BCUT2D eigenvalue weighted by Gasteiger charge is 2.56. The topological polar surface area (TPSA) is 50.9 Å². The highest BCUT2D eigenvalue weighted by atomic mass is 16.3. The highest BCUT2D eigenvalue weighted by Crippen LogP contribution is 2.58. The van der Waals surface area contributed by atoms with Crippen molar-refractivity contribution in [2.45, 2.75) is 31.3 Å². The second kappa shape index (κ2) is 2.57. The fourth-order valence-electron chi connectivity index (χ4n) is 2.97. The first-order chi connectivity index (χ1) is 6.72. The van der Waals surface area contributed by atoms with E-state index in [0.717, 1.165) is 24.5 Å². The maximum atomic E-state index is 10.6. The van der Waals surface area contributed by atoms with E-state index in [0.29, 0.717) is 5.92 Å². The lowest BCUT2D eigenvalue weighted by Gasteiger charge is -2.31. The molecule has 76 valence electrons. The zero-order chi connectivity index (χ0) is 9.76. The Labute approximate surface area is 82.9 Å². The molecule has 0 saturated heterocycles. The average molecular weight is 193 g/mol. The van der Waals surface area contributed by atoms with Gasteiger partial charge in [0, 0.05) is 7.05 Å². The largest absolute Gasteiger partial charge is 0.383 e. The van der Waals surface area contributed by atoms with Gasteiger partial charge in [-0.25, -0.2) is 4.68 Å². The van der Waals surface area contributed by atoms with Crippen LogP contribution in [-0.4, -0.2) is 20.1 Å². The van der Waals surface area contributed by atoms with Gasteiger partial charge in [0.15, 0.2) is 0 Å². The molecule has 2 saturated carbocycles. The third-order valence-electron chi connectivity index (χ3n) is 3.83. The molecule has 0 radical (unpaired) electrons. The molecular weight excluding hydrogens is 178 g/mol. The van der Waals surface area contributed by atoms with E-state index in [1.54, 1.807) is 10.9 Å². The molecule has 1 aromatic rings. The molecule has 2 fully saturated rings. The quantitative estimate of drug-likeness (QED) is 0.718. The molecule has 3 atom stereocenters. The lowest BCUT2D eigenvalue weighted by molar-refractivity contribution is -0.0231. The molecule has 0 aliphatic heterocycles. The lowest BCUT2D eigenvalue weighted by Crippen LogP contribution is -2.34. The van der Waals surface area contributed by atoms with Crippen molar-refractivity contribution < 1.29 is 5.11 Å². The van der Waals surface area contributed by atoms with Crippen LogP contribution in [0, 0.1) is 11.8 Å². The van der Waals surface area contributed by atoms with Crippen molar-refractivity contribution in [1.29, 1.82) is 0 Å². The molecule has 0 aromatic carbocycles. The summed E-state index contributed by atoms with van der Waals surface area (Å²) in [6.45, 7) is 0. The van der Waals surface area contributed by atoms with Crippen molar-refractivity contribution in [2.24, 2.45) is 18.9 Å². The van der Waals surface area contributed by atoms with E-state index in [4.69, 9.17) is 0 Å². The number of aliphatic hydroxyl groups is 1. The van der Waals surface area contributed by atoms with Gasteiger partial charge < -0.3 is 5.11 Å². The Balaban J connectivity index is 1.99. The van der Waals surface area contributed by atoms with E-state index in [1.165, 1.54) is 12.8 Å². The van der Waals surface area contributed by atoms with E-state index in [9.17, 15) is 5.11 Å². The first-order valence-corrected chi connectivity index (χ1v) is 5.29. The molecule has 3 unspecified atom stereocenters. The number of nitrogens with zero attached hydrogens (tertiary/aromatic N) is 3. The third-order valence-corrected chi connectivity index (χ3v) is 3.83. The maximum Gasteiger partial charge on any atom is 0.111 e. The van der Waals surface area contributed by atoms with Gasteiger partial charge in [0.1, 0.15) is 5.60 Å². The van der Waals surface area contributed by atoms with Crippen LogP contribution in [0.15, 0.2) is 6.20 Å². The molecule has 0 amide bonds. The van der Waals surface area contributed by atoms with Crippen LogP contribution in [-0.2, 0) is 12.6 Å². The van der Waals surface area contributed by atoms with Crippen molar-refractivity contribution in [2.75, 3.05) is 0 Å². The molecule has 14 heavy (non-hydrogen) atoms. The smallest absolute Gasteiger partial charge is 0.111 e. The molecule has 4 heteroatoms. The van der Waals surface area contributed by atoms with Gasteiger partial charge in [0.2, 0.25) is 0 Å². The van der Waals surface area contributed by atoms with Gasteiger partial charge in [-0.05, 0) is 37.5 Å². The minimum Gasteiger partial charge on any atom is -0.383 e. The molecule has 2 aliphatic carbocycles. The summed E-state index contributed by atoms with van der Waals surface area (Å²) >= 11 is 0. The fourth-order valence-corrected chi connectivity index (χ4v) is 2.97. The molecule has 4 nitrogen and oxygen atoms in total. The van der Waals surface area contributed by atoms with Gasteiger partial charge in [-0.15, -0.1) is 5.10 Å². The van der Waals surface area contributed by atoms with Crippen molar-refractivity contribution in [3.8, 4) is 0 Å². The van der Waals surface area contributed by atoms with E-state index < -0.39 is 5.60 Å². The monoisotopic (exact) mass is 193 g/mol. The molecule has 1 N–H and O–H groups in total. The Bertz CT molecular complexity index is 362. The zero-order valence-corrected chi connectivity index (χ0v) is 8.35. The summed E-state index contributed by atoms with van der Waals surface area (Å²) in [6, 6.07) is 0. The van der Waals surface area contributed by atoms with Gasteiger partial charge in [-0.3, -0.25) is 0 Å². The zero-order valence-electron chi connectivity index (χ0n) is 8.35. The predicted octanol–water partition coefficient (Wildman–Crippen LogP) is 0.823. The van der Waals surface area contributed by atoms with Crippen molar-refractivity contribution in [1.82, 2.24) is 15.0 Å². The van der Waals surface area contributed by atoms with E-state index in [1.807, 2.05) is 7.05 Å². The summed E-state index contributed by atoms with van der Waals surface area (Å²) in [5.41, 5.74) is 0.256. The van der Waals surface area contributed by atoms with Crippen LogP contribution in [0.5, 0.6) is 0 Å². The van der Waals surface area contributed by atoms with E-state index in [-0.39, 0.29) is 0 Å². The van der Waals surface area contributed by atoms with Crippen LogP contribution < -0.4 is 0 Å². The van der Waals surface area contributed by atoms with Gasteiger partial charge in [-0.2, -0.15) is 0 Å². The van der Waals surface area contributed by atoms with Crippen LogP contribution in [0.1, 0.15) is 31.4 Å². The maximum absolute atomic E-state index is 10.6. The number of hydrogen-bond acceptors (Lipinski definition) is 3. The number of hydrogen-bond donors (Lipinski definition) is 1. The minimum absolute atomic E-state index is 0.466. The predicted molar refractivity (Wildman–Crippen MR) is 50.3 cm³/mol. The van der Waals surface area contributed by atoms with Gasteiger partial charge in [0.05, 0.1) is 11.9 Å². The second-order valence-electron chi connectivity index (χ2n) is 4.66. The highest BCUT2D eigenvalue weighted by molar-refractivity contribution is 5.17. The van der Waals surface area contributed by atoms with Crippen LogP contribution >= 0.6 is 0 Å². The summed E-state index contributed by atoms with van der Waals surface area (Å²) in [5.74, 6) is 1.22. The average Bonchev–Trinajstić information content (AvgIpc) is 2.83. The minimum atomic E-state index is -0.638. The number of aryl methyl sites for hydroxylation is 1. The SMILES string of the molecule is Cn1nncc1C1(O)CCCC2CC21. The molecule has 0 spiro atoms. The number of aromatic nitrogens is 3. The Morgan fingerprint density at radius 3 is 3.21 bits per heavy atom. The van der Waals surface area contributed by atoms with Gasteiger partial charge in [0.25, 0.3) is 0 Å². The van der Waals surface area contributed by atoms with E-state index in [2.05, 4.69) is 10.3 Å². The van der Waals surface area contributed by atoms with Crippen molar-refractivity contribution >= 4 is 0 Å².